The number of piperidine rings is 1. The second-order valence-corrected chi connectivity index (χ2v) is 6.30. The molecule has 3 N–H and O–H groups in total. The molecule has 128 valence electrons. The van der Waals surface area contributed by atoms with Crippen LogP contribution < -0.4 is 5.73 Å². The number of amides is 1. The first-order valence-corrected chi connectivity index (χ1v) is 8.09. The molecule has 1 atom stereocenters. The third-order valence-corrected chi connectivity index (χ3v) is 4.57. The highest BCUT2D eigenvalue weighted by atomic mass is 19.1. The summed E-state index contributed by atoms with van der Waals surface area (Å²) in [7, 11) is 1.89. The van der Waals surface area contributed by atoms with E-state index in [1.54, 1.807) is 12.1 Å². The summed E-state index contributed by atoms with van der Waals surface area (Å²) in [4.78, 5) is 16.1. The lowest BCUT2D eigenvalue weighted by atomic mass is 9.95. The molecule has 1 aliphatic heterocycles. The van der Waals surface area contributed by atoms with Crippen molar-refractivity contribution in [3.63, 3.8) is 0 Å². The molecule has 23 heavy (non-hydrogen) atoms. The molecule has 1 aromatic rings. The van der Waals surface area contributed by atoms with Crippen LogP contribution in [0, 0.1) is 11.7 Å². The van der Waals surface area contributed by atoms with E-state index in [0.717, 1.165) is 44.6 Å². The summed E-state index contributed by atoms with van der Waals surface area (Å²) in [6, 6.07) is 5.40. The van der Waals surface area contributed by atoms with Gasteiger partial charge in [-0.05, 0) is 56.6 Å². The molecule has 0 aromatic heterocycles. The van der Waals surface area contributed by atoms with Crippen LogP contribution >= 0.6 is 0 Å². The summed E-state index contributed by atoms with van der Waals surface area (Å²) in [5, 5.41) is 8.98. The SMILES string of the molecule is CN(CC1CCN(CCO)CC1)[C@@H](C(N)=O)c1ccc(F)cc1. The largest absolute Gasteiger partial charge is 0.395 e. The number of likely N-dealkylation sites (tertiary alicyclic amines) is 1. The summed E-state index contributed by atoms with van der Waals surface area (Å²) in [5.74, 6) is -0.245. The molecule has 1 aromatic carbocycles. The van der Waals surface area contributed by atoms with E-state index < -0.39 is 11.9 Å². The van der Waals surface area contributed by atoms with E-state index >= 15 is 0 Å². The molecule has 1 fully saturated rings. The van der Waals surface area contributed by atoms with Crippen LogP contribution in [0.15, 0.2) is 24.3 Å². The molecule has 0 unspecified atom stereocenters. The molecular weight excluding hydrogens is 297 g/mol. The van der Waals surface area contributed by atoms with Gasteiger partial charge in [0.2, 0.25) is 5.91 Å². The van der Waals surface area contributed by atoms with Gasteiger partial charge in [0.1, 0.15) is 11.9 Å². The molecule has 0 aliphatic carbocycles. The Bertz CT molecular complexity index is 501. The van der Waals surface area contributed by atoms with E-state index in [1.165, 1.54) is 12.1 Å². The Morgan fingerprint density at radius 2 is 2.00 bits per heavy atom. The number of rotatable bonds is 7. The number of β-amino-alcohol motifs (C(OH)–C–C–N with tert-alkyl or cyclic N) is 1. The van der Waals surface area contributed by atoms with Crippen LogP contribution in [0.4, 0.5) is 4.39 Å². The van der Waals surface area contributed by atoms with Gasteiger partial charge in [0.05, 0.1) is 6.61 Å². The third-order valence-electron chi connectivity index (χ3n) is 4.57. The number of benzene rings is 1. The first kappa shape index (κ1) is 17.8. The summed E-state index contributed by atoms with van der Waals surface area (Å²) in [6.07, 6.45) is 2.08. The standard InChI is InChI=1S/C17H26FN3O2/c1-20(12-13-6-8-21(9-7-13)10-11-22)16(17(19)23)14-2-4-15(18)5-3-14/h2-5,13,16,22H,6-12H2,1H3,(H2,19,23)/t16-/m1/s1. The molecule has 5 nitrogen and oxygen atoms in total. The number of carbonyl (C=O) groups excluding carboxylic acids is 1. The number of hydrogen-bond donors (Lipinski definition) is 2. The number of likely N-dealkylation sites (N-methyl/N-ethyl adjacent to an activating group) is 1. The Kier molecular flexibility index (Phi) is 6.50. The number of nitrogens with zero attached hydrogens (tertiary/aromatic N) is 2. The molecular formula is C17H26FN3O2. The van der Waals surface area contributed by atoms with Crippen molar-refractivity contribution in [1.29, 1.82) is 0 Å². The van der Waals surface area contributed by atoms with Gasteiger partial charge in [-0.1, -0.05) is 12.1 Å². The van der Waals surface area contributed by atoms with Crippen LogP contribution in [0.5, 0.6) is 0 Å². The Morgan fingerprint density at radius 3 is 2.52 bits per heavy atom. The maximum atomic E-state index is 13.1. The van der Waals surface area contributed by atoms with Gasteiger partial charge in [0.25, 0.3) is 0 Å². The molecule has 0 radical (unpaired) electrons. The quantitative estimate of drug-likeness (QED) is 0.785. The van der Waals surface area contributed by atoms with E-state index in [-0.39, 0.29) is 12.4 Å². The minimum Gasteiger partial charge on any atom is -0.395 e. The molecule has 1 aliphatic rings. The molecule has 1 heterocycles. The highest BCUT2D eigenvalue weighted by molar-refractivity contribution is 5.81. The van der Waals surface area contributed by atoms with E-state index in [9.17, 15) is 9.18 Å². The smallest absolute Gasteiger partial charge is 0.239 e. The number of nitrogens with two attached hydrogens (primary N) is 1. The van der Waals surface area contributed by atoms with E-state index in [0.29, 0.717) is 5.92 Å². The molecule has 6 heteroatoms. The van der Waals surface area contributed by atoms with Gasteiger partial charge in [-0.2, -0.15) is 0 Å². The first-order chi connectivity index (χ1) is 11.0. The van der Waals surface area contributed by atoms with Gasteiger partial charge in [-0.15, -0.1) is 0 Å². The number of primary amides is 1. The maximum absolute atomic E-state index is 13.1. The summed E-state index contributed by atoms with van der Waals surface area (Å²) in [5.41, 5.74) is 6.29. The van der Waals surface area contributed by atoms with Crippen molar-refractivity contribution in [3.8, 4) is 0 Å². The third kappa shape index (κ3) is 4.99. The lowest BCUT2D eigenvalue weighted by Gasteiger charge is -2.35. The number of aliphatic hydroxyl groups is 1. The van der Waals surface area contributed by atoms with Crippen LogP contribution in [0.25, 0.3) is 0 Å². The van der Waals surface area contributed by atoms with Crippen molar-refractivity contribution in [3.05, 3.63) is 35.6 Å². The summed E-state index contributed by atoms with van der Waals surface area (Å²) < 4.78 is 13.1. The average Bonchev–Trinajstić information content (AvgIpc) is 2.51. The van der Waals surface area contributed by atoms with Crippen molar-refractivity contribution in [1.82, 2.24) is 9.80 Å². The fourth-order valence-corrected chi connectivity index (χ4v) is 3.33. The highest BCUT2D eigenvalue weighted by Gasteiger charge is 2.27. The van der Waals surface area contributed by atoms with Gasteiger partial charge >= 0.3 is 0 Å². The minimum absolute atomic E-state index is 0.193. The van der Waals surface area contributed by atoms with Gasteiger partial charge in [0, 0.05) is 13.1 Å². The Hall–Kier alpha value is -1.50. The lowest BCUT2D eigenvalue weighted by molar-refractivity contribution is -0.123. The average molecular weight is 323 g/mol. The van der Waals surface area contributed by atoms with Gasteiger partial charge in [0.15, 0.2) is 0 Å². The molecule has 1 saturated heterocycles. The van der Waals surface area contributed by atoms with E-state index in [4.69, 9.17) is 10.8 Å². The maximum Gasteiger partial charge on any atom is 0.239 e. The lowest BCUT2D eigenvalue weighted by Crippen LogP contribution is -2.42. The monoisotopic (exact) mass is 323 g/mol. The first-order valence-electron chi connectivity index (χ1n) is 8.09. The Labute approximate surface area is 136 Å². The Balaban J connectivity index is 1.95. The predicted octanol–water partition coefficient (Wildman–Crippen LogP) is 0.988. The van der Waals surface area contributed by atoms with Crippen LogP contribution in [0.1, 0.15) is 24.4 Å². The fraction of sp³-hybridized carbons (Fsp3) is 0.588. The minimum atomic E-state index is -0.536. The van der Waals surface area contributed by atoms with E-state index in [2.05, 4.69) is 4.90 Å². The fourth-order valence-electron chi connectivity index (χ4n) is 3.33. The number of carbonyl (C=O) groups is 1. The van der Waals surface area contributed by atoms with Crippen LogP contribution in [-0.4, -0.2) is 60.6 Å². The number of aliphatic hydroxyl groups excluding tert-OH is 1. The number of halogens is 1. The zero-order chi connectivity index (χ0) is 16.8. The molecule has 1 amide bonds. The zero-order valence-corrected chi connectivity index (χ0v) is 13.6. The van der Waals surface area contributed by atoms with Crippen LogP contribution in [0.2, 0.25) is 0 Å². The topological polar surface area (TPSA) is 69.8 Å². The molecule has 0 bridgehead atoms. The van der Waals surface area contributed by atoms with Gasteiger partial charge in [-0.3, -0.25) is 9.69 Å². The normalized spacial score (nSPS) is 18.3. The summed E-state index contributed by atoms with van der Waals surface area (Å²) in [6.45, 7) is 3.63. The van der Waals surface area contributed by atoms with Crippen molar-refractivity contribution in [2.45, 2.75) is 18.9 Å². The second-order valence-electron chi connectivity index (χ2n) is 6.30. The second kappa shape index (κ2) is 8.38. The van der Waals surface area contributed by atoms with Crippen molar-refractivity contribution >= 4 is 5.91 Å². The van der Waals surface area contributed by atoms with Crippen molar-refractivity contribution in [2.75, 3.05) is 39.8 Å². The van der Waals surface area contributed by atoms with Gasteiger partial charge in [-0.25, -0.2) is 4.39 Å². The van der Waals surface area contributed by atoms with E-state index in [1.807, 2.05) is 11.9 Å². The molecule has 0 saturated carbocycles. The Morgan fingerprint density at radius 1 is 1.39 bits per heavy atom. The van der Waals surface area contributed by atoms with Crippen molar-refractivity contribution in [2.24, 2.45) is 11.7 Å². The number of hydrogen-bond acceptors (Lipinski definition) is 4. The highest BCUT2D eigenvalue weighted by Crippen LogP contribution is 2.24. The zero-order valence-electron chi connectivity index (χ0n) is 13.6. The molecule has 2 rings (SSSR count). The predicted molar refractivity (Wildman–Crippen MR) is 87.2 cm³/mol. The van der Waals surface area contributed by atoms with Crippen LogP contribution in [-0.2, 0) is 4.79 Å². The van der Waals surface area contributed by atoms with Crippen molar-refractivity contribution < 1.29 is 14.3 Å². The van der Waals surface area contributed by atoms with Gasteiger partial charge < -0.3 is 15.7 Å². The summed E-state index contributed by atoms with van der Waals surface area (Å²) >= 11 is 0. The molecule has 0 spiro atoms. The van der Waals surface area contributed by atoms with Crippen LogP contribution in [0.3, 0.4) is 0 Å².